The Kier molecular flexibility index (Phi) is 5.99. The third-order valence-corrected chi connectivity index (χ3v) is 6.83. The van der Waals surface area contributed by atoms with Crippen molar-refractivity contribution in [3.63, 3.8) is 0 Å². The minimum Gasteiger partial charge on any atom is -0.457 e. The summed E-state index contributed by atoms with van der Waals surface area (Å²) in [5.41, 5.74) is 4.05. The van der Waals surface area contributed by atoms with E-state index >= 15 is 0 Å². The molecule has 3 aromatic carbocycles. The summed E-state index contributed by atoms with van der Waals surface area (Å²) >= 11 is 0. The zero-order valence-corrected chi connectivity index (χ0v) is 20.3. The molecule has 0 aliphatic carbocycles. The highest BCUT2D eigenvalue weighted by molar-refractivity contribution is 6.05. The number of imidazole rings is 1. The molecule has 10 heteroatoms. The maximum absolute atomic E-state index is 13.7. The number of para-hydroxylation sites is 1. The second kappa shape index (κ2) is 9.62. The molecule has 3 heterocycles. The molecule has 2 aliphatic heterocycles. The number of fused-ring (bicyclic) bond motifs is 2. The molecule has 0 saturated carbocycles. The molecule has 1 atom stereocenters. The molecule has 192 valence electrons. The van der Waals surface area contributed by atoms with E-state index in [-0.39, 0.29) is 18.2 Å². The van der Waals surface area contributed by atoms with Crippen molar-refractivity contribution in [2.24, 2.45) is 0 Å². The summed E-state index contributed by atoms with van der Waals surface area (Å²) in [6, 6.07) is 17.5. The highest BCUT2D eigenvalue weighted by Gasteiger charge is 2.39. The third kappa shape index (κ3) is 4.45. The highest BCUT2D eigenvalue weighted by atomic mass is 19.1. The number of hydrogen-bond donors (Lipinski definition) is 3. The lowest BCUT2D eigenvalue weighted by atomic mass is 10.0. The maximum Gasteiger partial charge on any atom is 0.255 e. The second-order valence-corrected chi connectivity index (χ2v) is 9.36. The number of nitrogens with one attached hydrogen (secondary N) is 3. The number of carbonyl (C=O) groups excluding carboxylic acids is 3. The molecule has 4 aromatic rings. The molecule has 38 heavy (non-hydrogen) atoms. The molecule has 1 unspecified atom stereocenters. The van der Waals surface area contributed by atoms with Gasteiger partial charge in [-0.2, -0.15) is 0 Å². The topological polar surface area (TPSA) is 116 Å². The lowest BCUT2D eigenvalue weighted by Gasteiger charge is -2.29. The summed E-state index contributed by atoms with van der Waals surface area (Å²) in [7, 11) is 0. The van der Waals surface area contributed by atoms with E-state index in [0.29, 0.717) is 59.1 Å². The first-order chi connectivity index (χ1) is 18.5. The largest absolute Gasteiger partial charge is 0.457 e. The number of nitrogens with zero attached hydrogens (tertiary/aromatic N) is 2. The van der Waals surface area contributed by atoms with Crippen LogP contribution in [-0.4, -0.2) is 38.6 Å². The highest BCUT2D eigenvalue weighted by Crippen LogP contribution is 2.31. The Bertz CT molecular complexity index is 1570. The number of carbonyl (C=O) groups is 3. The van der Waals surface area contributed by atoms with Crippen LogP contribution in [0.25, 0.3) is 11.0 Å². The van der Waals surface area contributed by atoms with Crippen molar-refractivity contribution in [3.05, 3.63) is 82.9 Å². The van der Waals surface area contributed by atoms with Crippen LogP contribution in [0.2, 0.25) is 0 Å². The zero-order valence-electron chi connectivity index (χ0n) is 20.3. The smallest absolute Gasteiger partial charge is 0.255 e. The first kappa shape index (κ1) is 23.7. The number of rotatable bonds is 7. The molecule has 2 aliphatic rings. The van der Waals surface area contributed by atoms with E-state index in [1.165, 1.54) is 4.90 Å². The van der Waals surface area contributed by atoms with E-state index in [0.717, 1.165) is 11.1 Å². The summed E-state index contributed by atoms with van der Waals surface area (Å²) in [6.07, 6.45) is 0.545. The lowest BCUT2D eigenvalue weighted by molar-refractivity contribution is -0.136. The van der Waals surface area contributed by atoms with Crippen LogP contribution < -0.4 is 15.4 Å². The van der Waals surface area contributed by atoms with Gasteiger partial charge in [-0.15, -0.1) is 0 Å². The minimum absolute atomic E-state index is 0.205. The van der Waals surface area contributed by atoms with Crippen LogP contribution in [0.3, 0.4) is 0 Å². The van der Waals surface area contributed by atoms with Crippen LogP contribution in [0.5, 0.6) is 11.5 Å². The SMILES string of the molecule is O=C1CCC(N2Cc3cc(CNc4nc5cc(CF)c(Oc6ccccc6)cc5[nH]4)ccc3C2=O)C(=O)N1. The number of ether oxygens (including phenoxy) is 1. The van der Waals surface area contributed by atoms with Crippen molar-refractivity contribution >= 4 is 34.7 Å². The molecule has 0 spiro atoms. The molecule has 1 fully saturated rings. The van der Waals surface area contributed by atoms with Crippen molar-refractivity contribution in [2.75, 3.05) is 5.32 Å². The van der Waals surface area contributed by atoms with Gasteiger partial charge in [0.1, 0.15) is 24.2 Å². The molecular formula is C28H24FN5O4. The van der Waals surface area contributed by atoms with E-state index in [1.54, 1.807) is 30.3 Å². The maximum atomic E-state index is 13.7. The van der Waals surface area contributed by atoms with Crippen LogP contribution in [-0.2, 0) is 29.4 Å². The summed E-state index contributed by atoms with van der Waals surface area (Å²) in [5.74, 6) is 0.612. The van der Waals surface area contributed by atoms with Gasteiger partial charge in [0.05, 0.1) is 11.0 Å². The van der Waals surface area contributed by atoms with Gasteiger partial charge in [0.15, 0.2) is 0 Å². The quantitative estimate of drug-likeness (QED) is 0.319. The predicted molar refractivity (Wildman–Crippen MR) is 137 cm³/mol. The van der Waals surface area contributed by atoms with Gasteiger partial charge in [-0.25, -0.2) is 9.37 Å². The van der Waals surface area contributed by atoms with Gasteiger partial charge in [-0.1, -0.05) is 30.3 Å². The lowest BCUT2D eigenvalue weighted by Crippen LogP contribution is -2.52. The third-order valence-electron chi connectivity index (χ3n) is 6.83. The number of piperidine rings is 1. The van der Waals surface area contributed by atoms with Gasteiger partial charge in [-0.3, -0.25) is 19.7 Å². The van der Waals surface area contributed by atoms with E-state index < -0.39 is 18.6 Å². The van der Waals surface area contributed by atoms with Crippen molar-refractivity contribution in [1.82, 2.24) is 20.2 Å². The normalized spacial score (nSPS) is 17.0. The van der Waals surface area contributed by atoms with Crippen molar-refractivity contribution < 1.29 is 23.5 Å². The number of benzene rings is 3. The van der Waals surface area contributed by atoms with Crippen LogP contribution in [0, 0.1) is 0 Å². The molecule has 6 rings (SSSR count). The average Bonchev–Trinajstić information content (AvgIpc) is 3.47. The first-order valence-electron chi connectivity index (χ1n) is 12.3. The monoisotopic (exact) mass is 513 g/mol. The molecule has 0 radical (unpaired) electrons. The Morgan fingerprint density at radius 1 is 1.08 bits per heavy atom. The predicted octanol–water partition coefficient (Wildman–Crippen LogP) is 4.20. The zero-order chi connectivity index (χ0) is 26.2. The van der Waals surface area contributed by atoms with Crippen LogP contribution in [0.15, 0.2) is 60.7 Å². The summed E-state index contributed by atoms with van der Waals surface area (Å²) < 4.78 is 19.6. The van der Waals surface area contributed by atoms with Gasteiger partial charge < -0.3 is 19.9 Å². The van der Waals surface area contributed by atoms with Gasteiger partial charge in [0.2, 0.25) is 17.8 Å². The van der Waals surface area contributed by atoms with Gasteiger partial charge in [-0.05, 0) is 41.8 Å². The van der Waals surface area contributed by atoms with Crippen molar-refractivity contribution in [3.8, 4) is 11.5 Å². The van der Waals surface area contributed by atoms with Gasteiger partial charge in [0, 0.05) is 36.7 Å². The molecule has 3 N–H and O–H groups in total. The Balaban J connectivity index is 1.16. The molecule has 3 amide bonds. The van der Waals surface area contributed by atoms with Crippen molar-refractivity contribution in [1.29, 1.82) is 0 Å². The van der Waals surface area contributed by atoms with E-state index in [9.17, 15) is 18.8 Å². The molecule has 0 bridgehead atoms. The number of anilines is 1. The number of alkyl halides is 1. The second-order valence-electron chi connectivity index (χ2n) is 9.36. The number of H-pyrrole nitrogens is 1. The average molecular weight is 514 g/mol. The Morgan fingerprint density at radius 2 is 1.92 bits per heavy atom. The fourth-order valence-electron chi connectivity index (χ4n) is 4.90. The fourth-order valence-corrected chi connectivity index (χ4v) is 4.90. The first-order valence-corrected chi connectivity index (χ1v) is 12.3. The van der Waals surface area contributed by atoms with Crippen LogP contribution >= 0.6 is 0 Å². The number of halogens is 1. The number of aromatic amines is 1. The number of imide groups is 1. The Labute approximate surface area is 217 Å². The van der Waals surface area contributed by atoms with Crippen LogP contribution in [0.1, 0.15) is 39.9 Å². The Hall–Kier alpha value is -4.73. The van der Waals surface area contributed by atoms with E-state index in [4.69, 9.17) is 4.74 Å². The number of amides is 3. The van der Waals surface area contributed by atoms with Gasteiger partial charge >= 0.3 is 0 Å². The van der Waals surface area contributed by atoms with Crippen molar-refractivity contribution in [2.45, 2.75) is 38.6 Å². The van der Waals surface area contributed by atoms with Crippen LogP contribution in [0.4, 0.5) is 10.3 Å². The summed E-state index contributed by atoms with van der Waals surface area (Å²) in [4.78, 5) is 45.9. The minimum atomic E-state index is -0.683. The molecule has 1 aromatic heterocycles. The standard InChI is InChI=1S/C28H24FN5O4/c29-13-17-11-21-22(12-24(17)38-19-4-2-1-3-5-19)32-28(31-21)30-14-16-6-7-20-18(10-16)15-34(27(20)37)23-8-9-25(35)33-26(23)36/h1-7,10-12,23H,8-9,13-15H2,(H2,30,31,32)(H,33,35,36). The number of aromatic nitrogens is 2. The fraction of sp³-hybridized carbons (Fsp3) is 0.214. The van der Waals surface area contributed by atoms with E-state index in [2.05, 4.69) is 20.6 Å². The summed E-state index contributed by atoms with van der Waals surface area (Å²) in [6.45, 7) is 0.0651. The summed E-state index contributed by atoms with van der Waals surface area (Å²) in [5, 5.41) is 5.56. The molecule has 9 nitrogen and oxygen atoms in total. The molecular weight excluding hydrogens is 489 g/mol. The number of hydrogen-bond acceptors (Lipinski definition) is 6. The molecule has 1 saturated heterocycles. The van der Waals surface area contributed by atoms with E-state index in [1.807, 2.05) is 30.3 Å². The van der Waals surface area contributed by atoms with Gasteiger partial charge in [0.25, 0.3) is 5.91 Å². The Morgan fingerprint density at radius 3 is 2.71 bits per heavy atom.